The Bertz CT molecular complexity index is 919. The highest BCUT2D eigenvalue weighted by Gasteiger charge is 2.35. The molecule has 1 aromatic heterocycles. The molecule has 0 atom stereocenters. The second-order valence-electron chi connectivity index (χ2n) is 7.35. The fourth-order valence-electron chi connectivity index (χ4n) is 2.83. The van der Waals surface area contributed by atoms with Crippen molar-refractivity contribution in [3.05, 3.63) is 71.8 Å². The summed E-state index contributed by atoms with van der Waals surface area (Å²) in [6.45, 7) is 2.74. The molecule has 1 amide bonds. The lowest BCUT2D eigenvalue weighted by Crippen LogP contribution is -2.42. The van der Waals surface area contributed by atoms with Gasteiger partial charge < -0.3 is 20.9 Å². The Morgan fingerprint density at radius 2 is 1.29 bits per heavy atom. The second kappa shape index (κ2) is 10.5. The molecule has 3 rings (SSSR count). The summed E-state index contributed by atoms with van der Waals surface area (Å²) in [5, 5.41) is 2.64. The summed E-state index contributed by atoms with van der Waals surface area (Å²) >= 11 is 0. The van der Waals surface area contributed by atoms with Crippen LogP contribution in [0, 0.1) is 5.41 Å². The van der Waals surface area contributed by atoms with Gasteiger partial charge in [-0.1, -0.05) is 60.7 Å². The van der Waals surface area contributed by atoms with E-state index >= 15 is 0 Å². The van der Waals surface area contributed by atoms with E-state index in [1.807, 2.05) is 60.7 Å². The van der Waals surface area contributed by atoms with Gasteiger partial charge >= 0.3 is 0 Å². The molecule has 31 heavy (non-hydrogen) atoms. The van der Waals surface area contributed by atoms with E-state index in [-0.39, 0.29) is 37.0 Å². The lowest BCUT2D eigenvalue weighted by atomic mass is 9.91. The SMILES string of the molecule is CC(COCc1ccccc1)(COCc1ccccc1)C(=O)Nc1nc(N)nc(N)n1. The maximum Gasteiger partial charge on any atom is 0.237 e. The highest BCUT2D eigenvalue weighted by molar-refractivity contribution is 5.94. The Morgan fingerprint density at radius 1 is 0.839 bits per heavy atom. The Hall–Kier alpha value is -3.56. The molecule has 9 nitrogen and oxygen atoms in total. The van der Waals surface area contributed by atoms with E-state index < -0.39 is 5.41 Å². The van der Waals surface area contributed by atoms with Crippen LogP contribution >= 0.6 is 0 Å². The number of carbonyl (C=O) groups excluding carboxylic acids is 1. The number of rotatable bonds is 10. The van der Waals surface area contributed by atoms with Gasteiger partial charge in [-0.2, -0.15) is 15.0 Å². The fourth-order valence-corrected chi connectivity index (χ4v) is 2.83. The first kappa shape index (κ1) is 22.1. The number of nitrogens with zero attached hydrogens (tertiary/aromatic N) is 3. The van der Waals surface area contributed by atoms with Gasteiger partial charge in [-0.25, -0.2) is 0 Å². The largest absolute Gasteiger partial charge is 0.376 e. The van der Waals surface area contributed by atoms with E-state index in [2.05, 4.69) is 20.3 Å². The number of hydrogen-bond acceptors (Lipinski definition) is 8. The maximum absolute atomic E-state index is 13.1. The van der Waals surface area contributed by atoms with Crippen LogP contribution in [0.3, 0.4) is 0 Å². The van der Waals surface area contributed by atoms with Crippen LogP contribution < -0.4 is 16.8 Å². The molecule has 0 spiro atoms. The zero-order valence-electron chi connectivity index (χ0n) is 17.3. The number of carbonyl (C=O) groups is 1. The average molecular weight is 422 g/mol. The fraction of sp³-hybridized carbons (Fsp3) is 0.273. The number of amides is 1. The van der Waals surface area contributed by atoms with Crippen molar-refractivity contribution in [3.63, 3.8) is 0 Å². The van der Waals surface area contributed by atoms with Crippen molar-refractivity contribution in [3.8, 4) is 0 Å². The summed E-state index contributed by atoms with van der Waals surface area (Å²) < 4.78 is 11.7. The highest BCUT2D eigenvalue weighted by Crippen LogP contribution is 2.22. The van der Waals surface area contributed by atoms with Gasteiger partial charge in [0.2, 0.25) is 23.8 Å². The van der Waals surface area contributed by atoms with Gasteiger partial charge in [-0.15, -0.1) is 0 Å². The van der Waals surface area contributed by atoms with Crippen molar-refractivity contribution in [1.29, 1.82) is 0 Å². The molecule has 0 aliphatic carbocycles. The van der Waals surface area contributed by atoms with Crippen molar-refractivity contribution in [2.45, 2.75) is 20.1 Å². The molecule has 5 N–H and O–H groups in total. The van der Waals surface area contributed by atoms with Crippen LogP contribution in [-0.4, -0.2) is 34.1 Å². The summed E-state index contributed by atoms with van der Waals surface area (Å²) in [7, 11) is 0. The van der Waals surface area contributed by atoms with Crippen LogP contribution in [-0.2, 0) is 27.5 Å². The summed E-state index contributed by atoms with van der Waals surface area (Å²) in [5.41, 5.74) is 12.2. The maximum atomic E-state index is 13.1. The number of ether oxygens (including phenoxy) is 2. The zero-order chi connectivity index (χ0) is 22.1. The monoisotopic (exact) mass is 422 g/mol. The van der Waals surface area contributed by atoms with Crippen molar-refractivity contribution >= 4 is 23.8 Å². The number of benzene rings is 2. The van der Waals surface area contributed by atoms with Crippen molar-refractivity contribution in [2.75, 3.05) is 30.0 Å². The first-order chi connectivity index (χ1) is 14.9. The van der Waals surface area contributed by atoms with E-state index in [1.165, 1.54) is 0 Å². The van der Waals surface area contributed by atoms with Crippen LogP contribution in [0.1, 0.15) is 18.1 Å². The molecular weight excluding hydrogens is 396 g/mol. The normalized spacial score (nSPS) is 11.3. The van der Waals surface area contributed by atoms with Crippen LogP contribution in [0.2, 0.25) is 0 Å². The molecule has 0 aliphatic rings. The molecule has 0 bridgehead atoms. The molecule has 3 aromatic rings. The van der Waals surface area contributed by atoms with Gasteiger partial charge in [0.25, 0.3) is 0 Å². The molecule has 0 saturated heterocycles. The van der Waals surface area contributed by atoms with Gasteiger partial charge in [0.05, 0.1) is 31.8 Å². The molecule has 0 saturated carbocycles. The standard InChI is InChI=1S/C22H26N6O3/c1-22(14-30-12-16-8-4-2-5-9-16,15-31-13-17-10-6-3-7-11-17)18(29)25-21-27-19(23)26-20(24)28-21/h2-11H,12-15H2,1H3,(H5,23,24,25,26,27,28,29). The van der Waals surface area contributed by atoms with Gasteiger partial charge in [0, 0.05) is 0 Å². The van der Waals surface area contributed by atoms with Gasteiger partial charge in [0.15, 0.2) is 0 Å². The van der Waals surface area contributed by atoms with Crippen LogP contribution in [0.15, 0.2) is 60.7 Å². The lowest BCUT2D eigenvalue weighted by molar-refractivity contribution is -0.133. The third kappa shape index (κ3) is 6.73. The average Bonchev–Trinajstić information content (AvgIpc) is 2.74. The molecule has 0 fully saturated rings. The van der Waals surface area contributed by atoms with Crippen molar-refractivity contribution < 1.29 is 14.3 Å². The number of anilines is 3. The molecule has 0 aliphatic heterocycles. The summed E-state index contributed by atoms with van der Waals surface area (Å²) in [4.78, 5) is 24.6. The predicted octanol–water partition coefficient (Wildman–Crippen LogP) is 2.41. The van der Waals surface area contributed by atoms with E-state index in [4.69, 9.17) is 20.9 Å². The van der Waals surface area contributed by atoms with E-state index in [0.717, 1.165) is 11.1 Å². The zero-order valence-corrected chi connectivity index (χ0v) is 17.3. The molecule has 0 unspecified atom stereocenters. The third-order valence-corrected chi connectivity index (χ3v) is 4.51. The molecule has 0 radical (unpaired) electrons. The Kier molecular flexibility index (Phi) is 7.47. The minimum Gasteiger partial charge on any atom is -0.376 e. The smallest absolute Gasteiger partial charge is 0.237 e. The summed E-state index contributed by atoms with van der Waals surface area (Å²) in [5.74, 6) is -0.554. The van der Waals surface area contributed by atoms with E-state index in [9.17, 15) is 4.79 Å². The molecule has 2 aromatic carbocycles. The lowest BCUT2D eigenvalue weighted by Gasteiger charge is -2.27. The highest BCUT2D eigenvalue weighted by atomic mass is 16.5. The molecule has 9 heteroatoms. The topological polar surface area (TPSA) is 138 Å². The van der Waals surface area contributed by atoms with Gasteiger partial charge in [-0.05, 0) is 18.1 Å². The Labute approximate surface area is 180 Å². The van der Waals surface area contributed by atoms with Gasteiger partial charge in [0.1, 0.15) is 0 Å². The predicted molar refractivity (Wildman–Crippen MR) is 118 cm³/mol. The number of nitrogen functional groups attached to an aromatic ring is 2. The third-order valence-electron chi connectivity index (χ3n) is 4.51. The summed E-state index contributed by atoms with van der Waals surface area (Å²) in [6, 6.07) is 19.4. The van der Waals surface area contributed by atoms with Crippen LogP contribution in [0.5, 0.6) is 0 Å². The quantitative estimate of drug-likeness (QED) is 0.453. The molecule has 1 heterocycles. The number of hydrogen-bond donors (Lipinski definition) is 3. The minimum atomic E-state index is -1.01. The van der Waals surface area contributed by atoms with Crippen LogP contribution in [0.4, 0.5) is 17.8 Å². The summed E-state index contributed by atoms with van der Waals surface area (Å²) in [6.07, 6.45) is 0. The number of aromatic nitrogens is 3. The number of nitrogens with one attached hydrogen (secondary N) is 1. The van der Waals surface area contributed by atoms with E-state index in [1.54, 1.807) is 6.92 Å². The Morgan fingerprint density at radius 3 is 1.74 bits per heavy atom. The van der Waals surface area contributed by atoms with Crippen LogP contribution in [0.25, 0.3) is 0 Å². The second-order valence-corrected chi connectivity index (χ2v) is 7.35. The first-order valence-electron chi connectivity index (χ1n) is 9.76. The van der Waals surface area contributed by atoms with Crippen molar-refractivity contribution in [1.82, 2.24) is 15.0 Å². The molecule has 162 valence electrons. The van der Waals surface area contributed by atoms with Gasteiger partial charge in [-0.3, -0.25) is 10.1 Å². The minimum absolute atomic E-state index is 0.0210. The Balaban J connectivity index is 1.67. The molecular formula is C22H26N6O3. The number of nitrogens with two attached hydrogens (primary N) is 2. The first-order valence-corrected chi connectivity index (χ1v) is 9.76. The van der Waals surface area contributed by atoms with E-state index in [0.29, 0.717) is 13.2 Å². The van der Waals surface area contributed by atoms with Crippen molar-refractivity contribution in [2.24, 2.45) is 5.41 Å².